The van der Waals surface area contributed by atoms with E-state index in [9.17, 15) is 9.59 Å². The first-order valence-electron chi connectivity index (χ1n) is 8.11. The quantitative estimate of drug-likeness (QED) is 0.644. The molecule has 2 amide bonds. The normalized spacial score (nSPS) is 11.5. The second kappa shape index (κ2) is 8.36. The van der Waals surface area contributed by atoms with Crippen LogP contribution in [0.5, 0.6) is 0 Å². The number of nitrogens with one attached hydrogen (secondary N) is 1. The molecule has 0 saturated heterocycles. The number of amides is 2. The summed E-state index contributed by atoms with van der Waals surface area (Å²) in [4.78, 5) is 25.3. The third-order valence-corrected chi connectivity index (χ3v) is 5.02. The van der Waals surface area contributed by atoms with Crippen molar-refractivity contribution in [2.75, 3.05) is 5.32 Å². The van der Waals surface area contributed by atoms with E-state index in [0.717, 1.165) is 10.5 Å². The molecule has 0 saturated carbocycles. The highest BCUT2D eigenvalue weighted by Gasteiger charge is 2.22. The molecule has 0 radical (unpaired) electrons. The fourth-order valence-electron chi connectivity index (χ4n) is 2.49. The molecule has 0 aromatic heterocycles. The van der Waals surface area contributed by atoms with Crippen molar-refractivity contribution in [1.29, 1.82) is 0 Å². The zero-order chi connectivity index (χ0) is 18.4. The lowest BCUT2D eigenvalue weighted by Gasteiger charge is -2.17. The van der Waals surface area contributed by atoms with Gasteiger partial charge >= 0.3 is 0 Å². The van der Waals surface area contributed by atoms with Gasteiger partial charge in [0.05, 0.1) is 0 Å². The van der Waals surface area contributed by atoms with Crippen LogP contribution in [0.25, 0.3) is 0 Å². The van der Waals surface area contributed by atoms with E-state index in [2.05, 4.69) is 5.32 Å². The number of nitrogens with two attached hydrogens (primary N) is 1. The number of primary amides is 1. The van der Waals surface area contributed by atoms with E-state index in [-0.39, 0.29) is 5.91 Å². The van der Waals surface area contributed by atoms with Gasteiger partial charge in [0.15, 0.2) is 0 Å². The van der Waals surface area contributed by atoms with Crippen LogP contribution in [-0.4, -0.2) is 11.8 Å². The van der Waals surface area contributed by atoms with E-state index in [4.69, 9.17) is 5.73 Å². The summed E-state index contributed by atoms with van der Waals surface area (Å²) < 4.78 is 0. The van der Waals surface area contributed by atoms with E-state index in [0.29, 0.717) is 11.3 Å². The highest BCUT2D eigenvalue weighted by Crippen LogP contribution is 2.36. The van der Waals surface area contributed by atoms with Crippen molar-refractivity contribution in [2.24, 2.45) is 5.73 Å². The Bertz CT molecular complexity index is 898. The number of thioether (sulfide) groups is 1. The third-order valence-electron chi connectivity index (χ3n) is 3.75. The molecule has 0 bridgehead atoms. The molecule has 0 aliphatic rings. The summed E-state index contributed by atoms with van der Waals surface area (Å²) in [5.41, 5.74) is 7.12. The van der Waals surface area contributed by atoms with Gasteiger partial charge in [0.25, 0.3) is 0 Å². The van der Waals surface area contributed by atoms with E-state index < -0.39 is 11.2 Å². The van der Waals surface area contributed by atoms with Crippen LogP contribution in [0, 0.1) is 0 Å². The Balaban J connectivity index is 1.85. The summed E-state index contributed by atoms with van der Waals surface area (Å²) >= 11 is 1.48. The molecule has 3 aromatic carbocycles. The number of carbonyl (C=O) groups excluding carboxylic acids is 2. The van der Waals surface area contributed by atoms with Crippen molar-refractivity contribution in [1.82, 2.24) is 0 Å². The Kier molecular flexibility index (Phi) is 5.71. The minimum absolute atomic E-state index is 0.160. The first-order valence-corrected chi connectivity index (χ1v) is 8.99. The zero-order valence-corrected chi connectivity index (χ0v) is 14.8. The summed E-state index contributed by atoms with van der Waals surface area (Å²) in [5.74, 6) is -0.689. The molecule has 4 nitrogen and oxygen atoms in total. The molecule has 5 heteroatoms. The monoisotopic (exact) mass is 362 g/mol. The van der Waals surface area contributed by atoms with Crippen molar-refractivity contribution < 1.29 is 9.59 Å². The van der Waals surface area contributed by atoms with Gasteiger partial charge in [0.2, 0.25) is 11.8 Å². The fourth-order valence-corrected chi connectivity index (χ4v) is 3.54. The Morgan fingerprint density at radius 2 is 1.50 bits per heavy atom. The summed E-state index contributed by atoms with van der Waals surface area (Å²) in [6.45, 7) is 0. The lowest BCUT2D eigenvalue weighted by molar-refractivity contribution is -0.115. The van der Waals surface area contributed by atoms with Crippen LogP contribution < -0.4 is 11.1 Å². The van der Waals surface area contributed by atoms with Crippen molar-refractivity contribution in [2.45, 2.75) is 10.1 Å². The topological polar surface area (TPSA) is 72.2 Å². The van der Waals surface area contributed by atoms with Crippen LogP contribution in [0.1, 0.15) is 21.2 Å². The molecule has 0 unspecified atom stereocenters. The molecular weight excluding hydrogens is 344 g/mol. The lowest BCUT2D eigenvalue weighted by atomic mass is 10.1. The van der Waals surface area contributed by atoms with E-state index >= 15 is 0 Å². The van der Waals surface area contributed by atoms with Gasteiger partial charge in [-0.05, 0) is 35.9 Å². The molecule has 0 heterocycles. The predicted molar refractivity (Wildman–Crippen MR) is 105 cm³/mol. The van der Waals surface area contributed by atoms with Crippen LogP contribution >= 0.6 is 11.8 Å². The molecule has 3 aromatic rings. The molecule has 3 rings (SSSR count). The second-order valence-corrected chi connectivity index (χ2v) is 6.83. The first-order chi connectivity index (χ1) is 12.6. The molecule has 26 heavy (non-hydrogen) atoms. The molecule has 1 atom stereocenters. The van der Waals surface area contributed by atoms with E-state index in [1.54, 1.807) is 24.3 Å². The van der Waals surface area contributed by atoms with Crippen LogP contribution in [0.3, 0.4) is 0 Å². The Morgan fingerprint density at radius 3 is 2.15 bits per heavy atom. The largest absolute Gasteiger partial charge is 0.366 e. The molecule has 3 N–H and O–H groups in total. The lowest BCUT2D eigenvalue weighted by Crippen LogP contribution is -2.19. The Morgan fingerprint density at radius 1 is 0.846 bits per heavy atom. The van der Waals surface area contributed by atoms with Gasteiger partial charge in [-0.15, -0.1) is 11.8 Å². The number of benzene rings is 3. The maximum atomic E-state index is 13.0. The van der Waals surface area contributed by atoms with Crippen LogP contribution in [0.4, 0.5) is 5.69 Å². The average Bonchev–Trinajstić information content (AvgIpc) is 2.67. The molecule has 0 fully saturated rings. The van der Waals surface area contributed by atoms with Crippen molar-refractivity contribution >= 4 is 29.3 Å². The minimum atomic E-state index is -0.528. The van der Waals surface area contributed by atoms with E-state index in [1.807, 2.05) is 60.7 Å². The SMILES string of the molecule is NC(=O)c1cccc(NC(=O)[C@@H](Sc2ccccc2)c2ccccc2)c1. The minimum Gasteiger partial charge on any atom is -0.366 e. The molecular formula is C21H18N2O2S. The summed E-state index contributed by atoms with van der Waals surface area (Å²) in [5, 5.41) is 2.47. The molecule has 0 aliphatic heterocycles. The maximum absolute atomic E-state index is 13.0. The number of anilines is 1. The average molecular weight is 362 g/mol. The number of rotatable bonds is 6. The highest BCUT2D eigenvalue weighted by atomic mass is 32.2. The van der Waals surface area contributed by atoms with Gasteiger partial charge in [0, 0.05) is 16.1 Å². The van der Waals surface area contributed by atoms with Crippen LogP contribution in [-0.2, 0) is 4.79 Å². The Labute approximate surface area is 156 Å². The van der Waals surface area contributed by atoms with Gasteiger partial charge in [-0.2, -0.15) is 0 Å². The first kappa shape index (κ1) is 17.8. The standard InChI is InChI=1S/C21H18N2O2S/c22-20(24)16-10-7-11-17(14-16)23-21(25)19(15-8-3-1-4-9-15)26-18-12-5-2-6-13-18/h1-14,19H,(H2,22,24)(H,23,25)/t19-/m0/s1. The predicted octanol–water partition coefficient (Wildman–Crippen LogP) is 4.26. The Hall–Kier alpha value is -3.05. The highest BCUT2D eigenvalue weighted by molar-refractivity contribution is 8.00. The third kappa shape index (κ3) is 4.52. The molecule has 0 aliphatic carbocycles. The molecule has 130 valence electrons. The van der Waals surface area contributed by atoms with E-state index in [1.165, 1.54) is 11.8 Å². The number of hydrogen-bond acceptors (Lipinski definition) is 3. The number of hydrogen-bond donors (Lipinski definition) is 2. The van der Waals surface area contributed by atoms with Crippen molar-refractivity contribution in [3.05, 3.63) is 96.1 Å². The zero-order valence-electron chi connectivity index (χ0n) is 14.0. The van der Waals surface area contributed by atoms with Crippen LogP contribution in [0.2, 0.25) is 0 Å². The smallest absolute Gasteiger partial charge is 0.248 e. The fraction of sp³-hybridized carbons (Fsp3) is 0.0476. The maximum Gasteiger partial charge on any atom is 0.248 e. The summed E-state index contributed by atoms with van der Waals surface area (Å²) in [7, 11) is 0. The molecule has 0 spiro atoms. The van der Waals surface area contributed by atoms with Gasteiger partial charge in [0.1, 0.15) is 5.25 Å². The van der Waals surface area contributed by atoms with Crippen LogP contribution in [0.15, 0.2) is 89.8 Å². The van der Waals surface area contributed by atoms with Gasteiger partial charge < -0.3 is 11.1 Å². The van der Waals surface area contributed by atoms with Gasteiger partial charge in [-0.25, -0.2) is 0 Å². The van der Waals surface area contributed by atoms with Crippen molar-refractivity contribution in [3.8, 4) is 0 Å². The van der Waals surface area contributed by atoms with Crippen molar-refractivity contribution in [3.63, 3.8) is 0 Å². The second-order valence-electron chi connectivity index (χ2n) is 5.66. The summed E-state index contributed by atoms with van der Waals surface area (Å²) in [6.07, 6.45) is 0. The van der Waals surface area contributed by atoms with Gasteiger partial charge in [-0.1, -0.05) is 54.6 Å². The summed E-state index contributed by atoms with van der Waals surface area (Å²) in [6, 6.07) is 26.0. The van der Waals surface area contributed by atoms with Gasteiger partial charge in [-0.3, -0.25) is 9.59 Å². The number of carbonyl (C=O) groups is 2.